The molecule has 0 heterocycles. The summed E-state index contributed by atoms with van der Waals surface area (Å²) in [6.07, 6.45) is 2.43. The fraction of sp³-hybridized carbons (Fsp3) is 0.667. The lowest BCUT2D eigenvalue weighted by molar-refractivity contribution is 0.474. The van der Waals surface area contributed by atoms with Gasteiger partial charge in [-0.3, -0.25) is 0 Å². The molecule has 0 aromatic heterocycles. The van der Waals surface area contributed by atoms with Crippen molar-refractivity contribution >= 4 is 0 Å². The Morgan fingerprint density at radius 1 is 1.43 bits per heavy atom. The van der Waals surface area contributed by atoms with Crippen molar-refractivity contribution in [1.29, 1.82) is 0 Å². The summed E-state index contributed by atoms with van der Waals surface area (Å²) in [5, 5.41) is 0. The van der Waals surface area contributed by atoms with Crippen molar-refractivity contribution in [3.8, 4) is 0 Å². The Hall–Kier alpha value is -0.0400. The highest BCUT2D eigenvalue weighted by Gasteiger charge is 1.84. The summed E-state index contributed by atoms with van der Waals surface area (Å²) >= 11 is 0. The standard InChI is InChI=1S/C6H13N/c1-4-5-6-7(2)3/h2-6H2,1H3. The van der Waals surface area contributed by atoms with Crippen molar-refractivity contribution in [2.24, 2.45) is 0 Å². The van der Waals surface area contributed by atoms with E-state index in [0.717, 1.165) is 6.54 Å². The molecule has 0 N–H and O–H groups in total. The first-order valence-corrected chi connectivity index (χ1v) is 2.66. The zero-order chi connectivity index (χ0) is 5.70. The van der Waals surface area contributed by atoms with E-state index in [4.69, 9.17) is 0 Å². The Morgan fingerprint density at radius 2 is 2.00 bits per heavy atom. The molecule has 42 valence electrons. The highest BCUT2D eigenvalue weighted by molar-refractivity contribution is 4.49. The van der Waals surface area contributed by atoms with Crippen LogP contribution in [0, 0.1) is 14.1 Å². The van der Waals surface area contributed by atoms with E-state index in [9.17, 15) is 0 Å². The second kappa shape index (κ2) is 4.13. The van der Waals surface area contributed by atoms with Gasteiger partial charge in [0, 0.05) is 14.1 Å². The van der Waals surface area contributed by atoms with Crippen molar-refractivity contribution in [3.05, 3.63) is 14.1 Å². The van der Waals surface area contributed by atoms with Crippen molar-refractivity contribution in [1.82, 2.24) is 4.90 Å². The Bertz CT molecular complexity index is 33.2. The van der Waals surface area contributed by atoms with Crippen molar-refractivity contribution < 1.29 is 0 Å². The van der Waals surface area contributed by atoms with Crippen LogP contribution in [0.15, 0.2) is 0 Å². The molecule has 1 nitrogen and oxygen atoms in total. The van der Waals surface area contributed by atoms with Crippen LogP contribution in [0.1, 0.15) is 19.8 Å². The van der Waals surface area contributed by atoms with Gasteiger partial charge in [-0.05, 0) is 13.0 Å². The Kier molecular flexibility index (Phi) is 4.10. The monoisotopic (exact) mass is 99.1 g/mol. The van der Waals surface area contributed by atoms with Crippen LogP contribution in [-0.2, 0) is 0 Å². The summed E-state index contributed by atoms with van der Waals surface area (Å²) in [5.41, 5.74) is 0. The molecule has 0 aromatic rings. The molecule has 0 aromatic carbocycles. The summed E-state index contributed by atoms with van der Waals surface area (Å²) in [6, 6.07) is 0. The highest BCUT2D eigenvalue weighted by atomic mass is 15.0. The van der Waals surface area contributed by atoms with Gasteiger partial charge in [-0.25, -0.2) is 0 Å². The predicted octanol–water partition coefficient (Wildman–Crippen LogP) is 1.67. The molecule has 0 bridgehead atoms. The van der Waals surface area contributed by atoms with Gasteiger partial charge in [-0.1, -0.05) is 13.3 Å². The van der Waals surface area contributed by atoms with Crippen LogP contribution in [0.4, 0.5) is 0 Å². The summed E-state index contributed by atoms with van der Waals surface area (Å²) in [5.74, 6) is 0. The number of hydrogen-bond donors (Lipinski definition) is 0. The lowest BCUT2D eigenvalue weighted by Gasteiger charge is -2.05. The van der Waals surface area contributed by atoms with E-state index in [1.165, 1.54) is 12.8 Å². The molecule has 0 fully saturated rings. The maximum atomic E-state index is 3.60. The quantitative estimate of drug-likeness (QED) is 0.520. The second-order valence-corrected chi connectivity index (χ2v) is 1.75. The molecule has 0 aliphatic carbocycles. The van der Waals surface area contributed by atoms with Gasteiger partial charge in [-0.15, -0.1) is 0 Å². The minimum absolute atomic E-state index is 1.01. The molecule has 2 radical (unpaired) electrons. The lowest BCUT2D eigenvalue weighted by Crippen LogP contribution is -2.06. The van der Waals surface area contributed by atoms with Crippen LogP contribution in [0.5, 0.6) is 0 Å². The Labute approximate surface area is 46.3 Å². The molecule has 0 amide bonds. The average molecular weight is 99.2 g/mol. The molecule has 0 saturated carbocycles. The van der Waals surface area contributed by atoms with Gasteiger partial charge in [0.05, 0.1) is 0 Å². The number of unbranched alkanes of at least 4 members (excludes halogenated alkanes) is 1. The SMILES string of the molecule is [CH2]N([CH2])CCCC. The van der Waals surface area contributed by atoms with Gasteiger partial charge >= 0.3 is 0 Å². The molecule has 0 unspecified atom stereocenters. The van der Waals surface area contributed by atoms with Crippen LogP contribution in [-0.4, -0.2) is 11.4 Å². The molecule has 0 aliphatic rings. The van der Waals surface area contributed by atoms with Crippen LogP contribution in [0.25, 0.3) is 0 Å². The van der Waals surface area contributed by atoms with E-state index in [0.29, 0.717) is 0 Å². The largest absolute Gasteiger partial charge is 0.301 e. The zero-order valence-electron chi connectivity index (χ0n) is 4.98. The van der Waals surface area contributed by atoms with Gasteiger partial charge in [-0.2, -0.15) is 0 Å². The minimum Gasteiger partial charge on any atom is -0.301 e. The van der Waals surface area contributed by atoms with Crippen molar-refractivity contribution in [2.75, 3.05) is 6.54 Å². The van der Waals surface area contributed by atoms with E-state index in [-0.39, 0.29) is 0 Å². The number of nitrogens with zero attached hydrogens (tertiary/aromatic N) is 1. The average Bonchev–Trinajstić information content (AvgIpc) is 1.61. The molecule has 0 rings (SSSR count). The van der Waals surface area contributed by atoms with Crippen LogP contribution in [0.2, 0.25) is 0 Å². The first kappa shape index (κ1) is 6.96. The summed E-state index contributed by atoms with van der Waals surface area (Å²) in [6.45, 7) is 3.17. The van der Waals surface area contributed by atoms with Gasteiger partial charge in [0.2, 0.25) is 0 Å². The molecule has 0 saturated heterocycles. The second-order valence-electron chi connectivity index (χ2n) is 1.75. The zero-order valence-corrected chi connectivity index (χ0v) is 4.98. The van der Waals surface area contributed by atoms with Gasteiger partial charge in [0.1, 0.15) is 0 Å². The smallest absolute Gasteiger partial charge is 0.0110 e. The van der Waals surface area contributed by atoms with E-state index in [1.807, 2.05) is 0 Å². The van der Waals surface area contributed by atoms with Crippen LogP contribution >= 0.6 is 0 Å². The van der Waals surface area contributed by atoms with Crippen molar-refractivity contribution in [3.63, 3.8) is 0 Å². The molecule has 0 spiro atoms. The highest BCUT2D eigenvalue weighted by Crippen LogP contribution is 1.88. The number of hydrogen-bond acceptors (Lipinski definition) is 1. The van der Waals surface area contributed by atoms with Gasteiger partial charge in [0.25, 0.3) is 0 Å². The molecule has 1 heteroatoms. The fourth-order valence-electron chi connectivity index (χ4n) is 0.382. The Balaban J connectivity index is 2.68. The number of rotatable bonds is 3. The van der Waals surface area contributed by atoms with E-state index < -0.39 is 0 Å². The van der Waals surface area contributed by atoms with E-state index >= 15 is 0 Å². The molecule has 0 atom stereocenters. The van der Waals surface area contributed by atoms with Gasteiger partial charge in [0.15, 0.2) is 0 Å². The Morgan fingerprint density at radius 3 is 2.14 bits per heavy atom. The van der Waals surface area contributed by atoms with Crippen LogP contribution < -0.4 is 0 Å². The first-order valence-electron chi connectivity index (χ1n) is 2.66. The third kappa shape index (κ3) is 5.96. The summed E-state index contributed by atoms with van der Waals surface area (Å²) in [4.78, 5) is 1.71. The molecular formula is C6H13N. The first-order chi connectivity index (χ1) is 3.27. The van der Waals surface area contributed by atoms with Gasteiger partial charge < -0.3 is 4.90 Å². The maximum absolute atomic E-state index is 3.60. The van der Waals surface area contributed by atoms with Crippen LogP contribution in [0.3, 0.4) is 0 Å². The normalized spacial score (nSPS) is 10.3. The molecular weight excluding hydrogens is 86.1 g/mol. The fourth-order valence-corrected chi connectivity index (χ4v) is 0.382. The van der Waals surface area contributed by atoms with E-state index in [2.05, 4.69) is 21.0 Å². The minimum atomic E-state index is 1.01. The lowest BCUT2D eigenvalue weighted by atomic mass is 10.3. The van der Waals surface area contributed by atoms with Crippen molar-refractivity contribution in [2.45, 2.75) is 19.8 Å². The third-order valence-electron chi connectivity index (χ3n) is 0.828. The third-order valence-corrected chi connectivity index (χ3v) is 0.828. The molecule has 7 heavy (non-hydrogen) atoms. The topological polar surface area (TPSA) is 3.24 Å². The molecule has 0 aliphatic heterocycles. The van der Waals surface area contributed by atoms with E-state index in [1.54, 1.807) is 4.90 Å². The predicted molar refractivity (Wildman–Crippen MR) is 32.3 cm³/mol. The summed E-state index contributed by atoms with van der Waals surface area (Å²) < 4.78 is 0. The maximum Gasteiger partial charge on any atom is 0.0110 e. The summed E-state index contributed by atoms with van der Waals surface area (Å²) in [7, 11) is 7.20.